The highest BCUT2D eigenvalue weighted by atomic mass is 79.9. The van der Waals surface area contributed by atoms with Gasteiger partial charge in [0.15, 0.2) is 0 Å². The Bertz CT molecular complexity index is 424. The van der Waals surface area contributed by atoms with Crippen LogP contribution in [0.2, 0.25) is 0 Å². The van der Waals surface area contributed by atoms with E-state index >= 15 is 0 Å². The summed E-state index contributed by atoms with van der Waals surface area (Å²) in [7, 11) is 0. The Balaban J connectivity index is 2.13. The molecule has 3 nitrogen and oxygen atoms in total. The summed E-state index contributed by atoms with van der Waals surface area (Å²) < 4.78 is 0. The number of nitrogens with one attached hydrogen (secondary N) is 1. The molecule has 0 atom stereocenters. The molecule has 2 rings (SSSR count). The van der Waals surface area contributed by atoms with Crippen molar-refractivity contribution in [2.75, 3.05) is 5.33 Å². The van der Waals surface area contributed by atoms with Crippen molar-refractivity contribution in [2.45, 2.75) is 45.1 Å². The lowest BCUT2D eigenvalue weighted by Gasteiger charge is -2.27. The predicted molar refractivity (Wildman–Crippen MR) is 74.0 cm³/mol. The van der Waals surface area contributed by atoms with Crippen LogP contribution in [0.1, 0.15) is 46.1 Å². The molecule has 1 aromatic rings. The van der Waals surface area contributed by atoms with Crippen molar-refractivity contribution in [3.63, 3.8) is 0 Å². The van der Waals surface area contributed by atoms with Crippen LogP contribution in [-0.4, -0.2) is 21.8 Å². The van der Waals surface area contributed by atoms with E-state index in [1.54, 1.807) is 0 Å². The lowest BCUT2D eigenvalue weighted by atomic mass is 10.0. The van der Waals surface area contributed by atoms with E-state index < -0.39 is 0 Å². The van der Waals surface area contributed by atoms with E-state index in [9.17, 15) is 4.79 Å². The Morgan fingerprint density at radius 1 is 1.47 bits per heavy atom. The number of thiazole rings is 1. The van der Waals surface area contributed by atoms with Crippen LogP contribution in [0, 0.1) is 13.8 Å². The molecule has 1 amide bonds. The SMILES string of the molecule is Cc1nc(C)c(C(=O)NC2(CBr)CCCC2)s1. The van der Waals surface area contributed by atoms with Crippen molar-refractivity contribution < 1.29 is 4.79 Å². The zero-order chi connectivity index (χ0) is 12.5. The van der Waals surface area contributed by atoms with Crippen LogP contribution in [0.3, 0.4) is 0 Å². The third kappa shape index (κ3) is 2.71. The van der Waals surface area contributed by atoms with E-state index in [0.29, 0.717) is 0 Å². The van der Waals surface area contributed by atoms with Crippen molar-refractivity contribution in [1.29, 1.82) is 0 Å². The molecule has 0 unspecified atom stereocenters. The maximum Gasteiger partial charge on any atom is 0.263 e. The second-order valence-corrected chi connectivity index (χ2v) is 6.49. The fourth-order valence-electron chi connectivity index (χ4n) is 2.38. The summed E-state index contributed by atoms with van der Waals surface area (Å²) in [5.41, 5.74) is 0.800. The summed E-state index contributed by atoms with van der Waals surface area (Å²) in [6.45, 7) is 3.83. The zero-order valence-corrected chi connectivity index (χ0v) is 12.6. The first kappa shape index (κ1) is 13.0. The average molecular weight is 317 g/mol. The number of aryl methyl sites for hydroxylation is 2. The Morgan fingerprint density at radius 2 is 2.12 bits per heavy atom. The van der Waals surface area contributed by atoms with Gasteiger partial charge in [0.25, 0.3) is 5.91 Å². The molecule has 1 N–H and O–H groups in total. The van der Waals surface area contributed by atoms with Gasteiger partial charge in [0.2, 0.25) is 0 Å². The van der Waals surface area contributed by atoms with Gasteiger partial charge in [-0.2, -0.15) is 0 Å². The molecule has 94 valence electrons. The van der Waals surface area contributed by atoms with Gasteiger partial charge in [-0.3, -0.25) is 4.79 Å². The van der Waals surface area contributed by atoms with Gasteiger partial charge in [-0.1, -0.05) is 28.8 Å². The van der Waals surface area contributed by atoms with E-state index in [1.165, 1.54) is 24.2 Å². The number of nitrogens with zero attached hydrogens (tertiary/aromatic N) is 1. The molecule has 1 aliphatic rings. The molecule has 17 heavy (non-hydrogen) atoms. The van der Waals surface area contributed by atoms with Crippen LogP contribution >= 0.6 is 27.3 Å². The second-order valence-electron chi connectivity index (χ2n) is 4.72. The largest absolute Gasteiger partial charge is 0.345 e. The average Bonchev–Trinajstić information content (AvgIpc) is 2.86. The van der Waals surface area contributed by atoms with Crippen LogP contribution in [0.15, 0.2) is 0 Å². The van der Waals surface area contributed by atoms with Gasteiger partial charge < -0.3 is 5.32 Å². The predicted octanol–water partition coefficient (Wildman–Crippen LogP) is 3.20. The molecule has 1 aromatic heterocycles. The summed E-state index contributed by atoms with van der Waals surface area (Å²) in [4.78, 5) is 17.3. The topological polar surface area (TPSA) is 42.0 Å². The summed E-state index contributed by atoms with van der Waals surface area (Å²) in [6, 6.07) is 0. The number of carbonyl (C=O) groups is 1. The van der Waals surface area contributed by atoms with Crippen LogP contribution < -0.4 is 5.32 Å². The lowest BCUT2D eigenvalue weighted by molar-refractivity contribution is 0.0914. The minimum Gasteiger partial charge on any atom is -0.345 e. The van der Waals surface area contributed by atoms with E-state index in [4.69, 9.17) is 0 Å². The molecule has 5 heteroatoms. The van der Waals surface area contributed by atoms with Crippen LogP contribution in [0.25, 0.3) is 0 Å². The maximum atomic E-state index is 12.2. The number of halogens is 1. The fourth-order valence-corrected chi connectivity index (χ4v) is 3.90. The monoisotopic (exact) mass is 316 g/mol. The molecule has 0 aromatic carbocycles. The van der Waals surface area contributed by atoms with Crippen molar-refractivity contribution in [2.24, 2.45) is 0 Å². The molecule has 0 bridgehead atoms. The Morgan fingerprint density at radius 3 is 2.59 bits per heavy atom. The molecule has 1 saturated carbocycles. The number of amides is 1. The first-order chi connectivity index (χ1) is 8.06. The molecule has 0 saturated heterocycles. The first-order valence-corrected chi connectivity index (χ1v) is 7.83. The van der Waals surface area contributed by atoms with Gasteiger partial charge in [0.05, 0.1) is 16.2 Å². The zero-order valence-electron chi connectivity index (χ0n) is 10.2. The number of alkyl halides is 1. The number of carbonyl (C=O) groups excluding carboxylic acids is 1. The molecule has 0 spiro atoms. The quantitative estimate of drug-likeness (QED) is 0.870. The molecule has 0 aliphatic heterocycles. The number of hydrogen-bond donors (Lipinski definition) is 1. The van der Waals surface area contributed by atoms with Gasteiger partial charge in [-0.15, -0.1) is 11.3 Å². The Labute approximate surface area is 114 Å². The lowest BCUT2D eigenvalue weighted by Crippen LogP contribution is -2.47. The highest BCUT2D eigenvalue weighted by molar-refractivity contribution is 9.09. The molecule has 1 fully saturated rings. The van der Waals surface area contributed by atoms with Crippen LogP contribution in [0.5, 0.6) is 0 Å². The van der Waals surface area contributed by atoms with Gasteiger partial charge in [0, 0.05) is 5.33 Å². The third-order valence-corrected chi connectivity index (χ3v) is 5.45. The molecule has 0 radical (unpaired) electrons. The molecular formula is C12H17BrN2OS. The van der Waals surface area contributed by atoms with E-state index in [-0.39, 0.29) is 11.4 Å². The Kier molecular flexibility index (Phi) is 3.88. The summed E-state index contributed by atoms with van der Waals surface area (Å²) in [5.74, 6) is 0.0365. The third-order valence-electron chi connectivity index (χ3n) is 3.30. The summed E-state index contributed by atoms with van der Waals surface area (Å²) in [6.07, 6.45) is 4.54. The molecule has 1 aliphatic carbocycles. The summed E-state index contributed by atoms with van der Waals surface area (Å²) in [5, 5.41) is 4.98. The highest BCUT2D eigenvalue weighted by Gasteiger charge is 2.35. The second kappa shape index (κ2) is 5.06. The van der Waals surface area contributed by atoms with Crippen molar-refractivity contribution in [3.05, 3.63) is 15.6 Å². The summed E-state index contributed by atoms with van der Waals surface area (Å²) >= 11 is 5.01. The minimum atomic E-state index is -0.0403. The maximum absolute atomic E-state index is 12.2. The van der Waals surface area contributed by atoms with Crippen molar-refractivity contribution >= 4 is 33.2 Å². The van der Waals surface area contributed by atoms with Gasteiger partial charge in [-0.25, -0.2) is 4.98 Å². The first-order valence-electron chi connectivity index (χ1n) is 5.89. The standard InChI is InChI=1S/C12H17BrN2OS/c1-8-10(17-9(2)14-8)11(16)15-12(7-13)5-3-4-6-12/h3-7H2,1-2H3,(H,15,16). The van der Waals surface area contributed by atoms with E-state index in [0.717, 1.165) is 33.8 Å². The minimum absolute atomic E-state index is 0.0365. The van der Waals surface area contributed by atoms with Gasteiger partial charge in [0.1, 0.15) is 4.88 Å². The normalized spacial score (nSPS) is 18.3. The molecule has 1 heterocycles. The smallest absolute Gasteiger partial charge is 0.263 e. The number of rotatable bonds is 3. The van der Waals surface area contributed by atoms with Gasteiger partial charge >= 0.3 is 0 Å². The van der Waals surface area contributed by atoms with Crippen LogP contribution in [-0.2, 0) is 0 Å². The van der Waals surface area contributed by atoms with E-state index in [1.807, 2.05) is 13.8 Å². The van der Waals surface area contributed by atoms with Crippen molar-refractivity contribution in [1.82, 2.24) is 10.3 Å². The van der Waals surface area contributed by atoms with Crippen molar-refractivity contribution in [3.8, 4) is 0 Å². The molecular weight excluding hydrogens is 300 g/mol. The van der Waals surface area contributed by atoms with Gasteiger partial charge in [-0.05, 0) is 26.7 Å². The number of hydrogen-bond acceptors (Lipinski definition) is 3. The fraction of sp³-hybridized carbons (Fsp3) is 0.667. The van der Waals surface area contributed by atoms with E-state index in [2.05, 4.69) is 26.2 Å². The number of aromatic nitrogens is 1. The highest BCUT2D eigenvalue weighted by Crippen LogP contribution is 2.32. The Hall–Kier alpha value is -0.420. The van der Waals surface area contributed by atoms with Crippen LogP contribution in [0.4, 0.5) is 0 Å².